The number of nitrogens with zero attached hydrogens (tertiary/aromatic N) is 3. The summed E-state index contributed by atoms with van der Waals surface area (Å²) in [5.74, 6) is -1.86. The fourth-order valence-corrected chi connectivity index (χ4v) is 12.8. The Morgan fingerprint density at radius 2 is 1.52 bits per heavy atom. The number of carbonyl (C=O) groups excluding carboxylic acids is 2. The third-order valence-electron chi connectivity index (χ3n) is 10.2. The van der Waals surface area contributed by atoms with Crippen LogP contribution in [0, 0.1) is 29.5 Å². The smallest absolute Gasteiger partial charge is 0.348 e. The fourth-order valence-electron chi connectivity index (χ4n) is 7.10. The minimum Gasteiger partial charge on any atom is -0.508 e. The number of ether oxygens (including phenoxy) is 3. The van der Waals surface area contributed by atoms with Crippen LogP contribution < -0.4 is 26.4 Å². The Hall–Kier alpha value is -5.36. The summed E-state index contributed by atoms with van der Waals surface area (Å²) in [6.07, 6.45) is -1.12. The monoisotopic (exact) mass is 827 g/mol. The van der Waals surface area contributed by atoms with Gasteiger partial charge in [0.2, 0.25) is 0 Å². The minimum atomic E-state index is -3.54. The second kappa shape index (κ2) is 16.9. The van der Waals surface area contributed by atoms with Gasteiger partial charge in [0, 0.05) is 5.56 Å². The highest BCUT2D eigenvalue weighted by Crippen LogP contribution is 2.39. The molecule has 0 fully saturated rings. The van der Waals surface area contributed by atoms with Crippen molar-refractivity contribution in [2.24, 2.45) is 5.41 Å². The zero-order valence-electron chi connectivity index (χ0n) is 34.6. The van der Waals surface area contributed by atoms with Crippen molar-refractivity contribution in [2.75, 3.05) is 20.3 Å². The van der Waals surface area contributed by atoms with Crippen LogP contribution in [0.2, 0.25) is 5.04 Å². The van der Waals surface area contributed by atoms with Gasteiger partial charge in [-0.15, -0.1) is 11.3 Å². The zero-order valence-corrected chi connectivity index (χ0v) is 36.4. The van der Waals surface area contributed by atoms with Crippen molar-refractivity contribution in [3.8, 4) is 11.8 Å². The molecule has 2 heterocycles. The van der Waals surface area contributed by atoms with Crippen molar-refractivity contribution >= 4 is 52.2 Å². The van der Waals surface area contributed by atoms with E-state index in [2.05, 4.69) is 6.07 Å². The second-order valence-corrected chi connectivity index (χ2v) is 21.5. The highest BCUT2D eigenvalue weighted by molar-refractivity contribution is 7.20. The van der Waals surface area contributed by atoms with Crippen molar-refractivity contribution in [3.05, 3.63) is 122 Å². The molecule has 306 valence electrons. The first-order chi connectivity index (χ1) is 27.2. The summed E-state index contributed by atoms with van der Waals surface area (Å²) >= 11 is 0.894. The topological polar surface area (TPSA) is 139 Å². The van der Waals surface area contributed by atoms with Crippen molar-refractivity contribution in [1.29, 1.82) is 5.26 Å². The first-order valence-corrected chi connectivity index (χ1v) is 21.7. The minimum absolute atomic E-state index is 0.0151. The van der Waals surface area contributed by atoms with Gasteiger partial charge in [0.15, 0.2) is 0 Å². The molecule has 1 atom stereocenters. The van der Waals surface area contributed by atoms with Gasteiger partial charge in [0.1, 0.15) is 32.9 Å². The fraction of sp³-hybridized carbons (Fsp3) is 0.386. The number of hydrogen-bond acceptors (Lipinski definition) is 10. The van der Waals surface area contributed by atoms with Crippen molar-refractivity contribution in [1.82, 2.24) is 9.13 Å². The number of halogens is 1. The molecule has 0 aliphatic carbocycles. The molecule has 11 nitrogen and oxygen atoms in total. The number of esters is 1. The summed E-state index contributed by atoms with van der Waals surface area (Å²) in [7, 11) is -2.13. The lowest BCUT2D eigenvalue weighted by atomic mass is 9.97. The third-order valence-corrected chi connectivity index (χ3v) is 16.4. The largest absolute Gasteiger partial charge is 0.508 e. The molecular formula is C44H50FN3O8SSi. The number of fused-ring (bicyclic) bond motifs is 1. The molecule has 0 unspecified atom stereocenters. The van der Waals surface area contributed by atoms with Gasteiger partial charge >= 0.3 is 25.9 Å². The lowest BCUT2D eigenvalue weighted by Crippen LogP contribution is -2.69. The van der Waals surface area contributed by atoms with E-state index in [4.69, 9.17) is 18.6 Å². The summed E-state index contributed by atoms with van der Waals surface area (Å²) < 4.78 is 41.1. The Morgan fingerprint density at radius 1 is 0.931 bits per heavy atom. The third kappa shape index (κ3) is 8.16. The Kier molecular flexibility index (Phi) is 12.7. The first-order valence-electron chi connectivity index (χ1n) is 18.9. The van der Waals surface area contributed by atoms with Crippen molar-refractivity contribution in [2.45, 2.75) is 85.5 Å². The molecule has 5 rings (SSSR count). The number of benzene rings is 3. The van der Waals surface area contributed by atoms with Crippen LogP contribution in [0.3, 0.4) is 0 Å². The van der Waals surface area contributed by atoms with Crippen LogP contribution >= 0.6 is 11.3 Å². The van der Waals surface area contributed by atoms with E-state index < -0.39 is 59.4 Å². The predicted molar refractivity (Wildman–Crippen MR) is 225 cm³/mol. The molecular weight excluding hydrogens is 778 g/mol. The molecule has 5 aromatic rings. The van der Waals surface area contributed by atoms with E-state index >= 15 is 9.59 Å². The molecule has 0 N–H and O–H groups in total. The highest BCUT2D eigenvalue weighted by Gasteiger charge is 2.55. The molecule has 14 heteroatoms. The van der Waals surface area contributed by atoms with E-state index in [1.165, 1.54) is 43.7 Å². The predicted octanol–water partition coefficient (Wildman–Crippen LogP) is 7.00. The number of aromatic nitrogens is 2. The number of hydrogen-bond donors (Lipinski definition) is 0. The number of carbonyl (C=O) groups is 2. The number of rotatable bonds is 14. The van der Waals surface area contributed by atoms with E-state index in [0.717, 1.165) is 26.3 Å². The average molecular weight is 828 g/mol. The number of nitriles is 1. The van der Waals surface area contributed by atoms with Crippen LogP contribution in [0.5, 0.6) is 5.75 Å². The van der Waals surface area contributed by atoms with Gasteiger partial charge in [0.25, 0.3) is 5.56 Å². The summed E-state index contributed by atoms with van der Waals surface area (Å²) in [5, 5.41) is 10.8. The van der Waals surface area contributed by atoms with Gasteiger partial charge in [-0.25, -0.2) is 18.5 Å². The summed E-state index contributed by atoms with van der Waals surface area (Å²) in [6.45, 7) is 15.1. The lowest BCUT2D eigenvalue weighted by molar-refractivity contribution is -0.144. The molecule has 0 saturated heterocycles. The zero-order chi connectivity index (χ0) is 42.8. The van der Waals surface area contributed by atoms with E-state index in [9.17, 15) is 19.2 Å². The molecule has 0 aliphatic heterocycles. The van der Waals surface area contributed by atoms with Crippen LogP contribution in [0.25, 0.3) is 10.2 Å². The highest BCUT2D eigenvalue weighted by atomic mass is 32.1. The number of thiophene rings is 1. The van der Waals surface area contributed by atoms with Gasteiger partial charge in [-0.1, -0.05) is 81.4 Å². The van der Waals surface area contributed by atoms with Gasteiger partial charge in [-0.05, 0) is 80.7 Å². The lowest BCUT2D eigenvalue weighted by Gasteiger charge is -2.43. The molecule has 0 spiro atoms. The summed E-state index contributed by atoms with van der Waals surface area (Å²) in [4.78, 5) is 58.5. The van der Waals surface area contributed by atoms with Gasteiger partial charge in [0.05, 0.1) is 43.7 Å². The molecule has 58 heavy (non-hydrogen) atoms. The van der Waals surface area contributed by atoms with Crippen LogP contribution in [0.4, 0.5) is 4.39 Å². The molecule has 3 aromatic carbocycles. The Morgan fingerprint density at radius 3 is 2.03 bits per heavy atom. The van der Waals surface area contributed by atoms with Gasteiger partial charge < -0.3 is 18.6 Å². The van der Waals surface area contributed by atoms with E-state index in [-0.39, 0.29) is 51.7 Å². The maximum Gasteiger partial charge on any atom is 0.348 e. The van der Waals surface area contributed by atoms with Gasteiger partial charge in [-0.2, -0.15) is 5.26 Å². The second-order valence-electron chi connectivity index (χ2n) is 16.3. The maximum absolute atomic E-state index is 15.1. The molecule has 0 amide bonds. The molecule has 0 aliphatic rings. The van der Waals surface area contributed by atoms with Crippen LogP contribution in [-0.2, 0) is 30.8 Å². The quantitative estimate of drug-likeness (QED) is 0.0856. The average Bonchev–Trinajstić information content (AvgIpc) is 3.53. The van der Waals surface area contributed by atoms with E-state index in [1.807, 2.05) is 81.4 Å². The molecule has 2 aromatic heterocycles. The van der Waals surface area contributed by atoms with Crippen LogP contribution in [-0.4, -0.2) is 49.7 Å². The Balaban J connectivity index is 1.80. The van der Waals surface area contributed by atoms with E-state index in [0.29, 0.717) is 0 Å². The van der Waals surface area contributed by atoms with E-state index in [1.54, 1.807) is 27.7 Å². The first kappa shape index (κ1) is 43.8. The molecule has 0 bridgehead atoms. The summed E-state index contributed by atoms with van der Waals surface area (Å²) in [5.41, 5.74) is -4.13. The summed E-state index contributed by atoms with van der Waals surface area (Å²) in [6, 6.07) is 25.0. The van der Waals surface area contributed by atoms with Crippen molar-refractivity contribution in [3.63, 3.8) is 0 Å². The maximum atomic E-state index is 15.1. The Bertz CT molecular complexity index is 2440. The van der Waals surface area contributed by atoms with Crippen LogP contribution in [0.1, 0.15) is 82.3 Å². The standard InChI is InChI=1S/C44H50FN3O8SSi/c1-11-54-39(50)36-28(2)35-37(49)48(44(8,9)40(51)56-58(42(3,4)5,30-18-14-12-15-19-30)31-20-16-13-17-21-31)41(52)47(38(35)57-36)25-34(55-27-43(6,7)26-46)32-24-29(45)22-23-33(32)53-10/h12-24,34H,11,25,27H2,1-10H3/t34-/m0/s1. The van der Waals surface area contributed by atoms with Crippen molar-refractivity contribution < 1.29 is 32.6 Å². The Labute approximate surface area is 342 Å². The SMILES string of the molecule is CCOC(=O)c1sc2c(c1C)c(=O)n(C(C)(C)C(=O)O[Si](c1ccccc1)(c1ccccc1)C(C)(C)C)c(=O)n2C[C@H](OCC(C)(C)C#N)c1cc(F)ccc1OC. The normalized spacial score (nSPS) is 12.9. The van der Waals surface area contributed by atoms with Gasteiger partial charge in [-0.3, -0.25) is 14.2 Å². The molecule has 0 radical (unpaired) electrons. The molecule has 0 saturated carbocycles. The number of aryl methyl sites for hydroxylation is 1. The number of methoxy groups -OCH3 is 1. The van der Waals surface area contributed by atoms with Crippen LogP contribution in [0.15, 0.2) is 88.5 Å².